The Balaban J connectivity index is 1.93. The Morgan fingerprint density at radius 3 is 2.21 bits per heavy atom. The second-order valence-corrected chi connectivity index (χ2v) is 5.55. The third-order valence-electron chi connectivity index (χ3n) is 3.38. The first-order valence-electron chi connectivity index (χ1n) is 7.89. The maximum atomic E-state index is 9.48. The van der Waals surface area contributed by atoms with Crippen LogP contribution in [0.2, 0.25) is 0 Å². The van der Waals surface area contributed by atoms with Crippen LogP contribution in [0.5, 0.6) is 0 Å². The van der Waals surface area contributed by atoms with Gasteiger partial charge in [-0.05, 0) is 19.1 Å². The topological polar surface area (TPSA) is 70.1 Å². The van der Waals surface area contributed by atoms with E-state index in [-0.39, 0.29) is 0 Å². The second kappa shape index (κ2) is 7.57. The molecule has 0 fully saturated rings. The van der Waals surface area contributed by atoms with Gasteiger partial charge in [0.15, 0.2) is 5.82 Å². The summed E-state index contributed by atoms with van der Waals surface area (Å²) in [5.74, 6) is 2.00. The Kier molecular flexibility index (Phi) is 5.03. The van der Waals surface area contributed by atoms with Gasteiger partial charge in [-0.2, -0.15) is 0 Å². The van der Waals surface area contributed by atoms with Crippen molar-refractivity contribution in [2.75, 3.05) is 17.2 Å². The van der Waals surface area contributed by atoms with Gasteiger partial charge in [0, 0.05) is 23.9 Å². The standard InChI is InChI=1S/C19H20N4O/c1-14(24)13-20-17-12-18(21-16-10-6-3-7-11-16)23-19(22-17)15-8-4-2-5-9-15/h2-12,14,24H,13H2,1H3,(H2,20,21,22,23). The van der Waals surface area contributed by atoms with Crippen molar-refractivity contribution in [2.45, 2.75) is 13.0 Å². The lowest BCUT2D eigenvalue weighted by Gasteiger charge is -2.12. The van der Waals surface area contributed by atoms with Crippen molar-refractivity contribution in [3.63, 3.8) is 0 Å². The number of para-hydroxylation sites is 1. The Labute approximate surface area is 141 Å². The molecule has 5 nitrogen and oxygen atoms in total. The van der Waals surface area contributed by atoms with E-state index in [2.05, 4.69) is 20.6 Å². The number of rotatable bonds is 6. The van der Waals surface area contributed by atoms with Crippen LogP contribution in [0.4, 0.5) is 17.3 Å². The number of hydrogen-bond acceptors (Lipinski definition) is 5. The lowest BCUT2D eigenvalue weighted by molar-refractivity contribution is 0.208. The van der Waals surface area contributed by atoms with Gasteiger partial charge < -0.3 is 15.7 Å². The van der Waals surface area contributed by atoms with E-state index in [1.54, 1.807) is 6.92 Å². The zero-order valence-electron chi connectivity index (χ0n) is 13.5. The molecule has 3 N–H and O–H groups in total. The highest BCUT2D eigenvalue weighted by molar-refractivity contribution is 5.65. The summed E-state index contributed by atoms with van der Waals surface area (Å²) in [6.45, 7) is 2.16. The largest absolute Gasteiger partial charge is 0.392 e. The molecule has 5 heteroatoms. The number of aliphatic hydroxyl groups is 1. The molecule has 0 amide bonds. The molecule has 0 aliphatic carbocycles. The third kappa shape index (κ3) is 4.30. The molecule has 3 rings (SSSR count). The van der Waals surface area contributed by atoms with E-state index in [4.69, 9.17) is 0 Å². The fourth-order valence-corrected chi connectivity index (χ4v) is 2.24. The van der Waals surface area contributed by atoms with Crippen LogP contribution < -0.4 is 10.6 Å². The van der Waals surface area contributed by atoms with Crippen LogP contribution in [0, 0.1) is 0 Å². The number of nitrogens with one attached hydrogen (secondary N) is 2. The number of benzene rings is 2. The van der Waals surface area contributed by atoms with E-state index in [1.165, 1.54) is 0 Å². The van der Waals surface area contributed by atoms with Crippen LogP contribution in [0.1, 0.15) is 6.92 Å². The second-order valence-electron chi connectivity index (χ2n) is 5.55. The molecule has 1 unspecified atom stereocenters. The van der Waals surface area contributed by atoms with Crippen molar-refractivity contribution in [3.05, 3.63) is 66.7 Å². The average Bonchev–Trinajstić information content (AvgIpc) is 2.61. The SMILES string of the molecule is CC(O)CNc1cc(Nc2ccccc2)nc(-c2ccccc2)n1. The van der Waals surface area contributed by atoms with Gasteiger partial charge in [0.25, 0.3) is 0 Å². The molecule has 0 aliphatic rings. The Morgan fingerprint density at radius 1 is 0.917 bits per heavy atom. The number of nitrogens with zero attached hydrogens (tertiary/aromatic N) is 2. The van der Waals surface area contributed by atoms with Crippen LogP contribution >= 0.6 is 0 Å². The molecule has 1 heterocycles. The van der Waals surface area contributed by atoms with E-state index in [0.717, 1.165) is 11.3 Å². The summed E-state index contributed by atoms with van der Waals surface area (Å²) in [6, 6.07) is 21.5. The van der Waals surface area contributed by atoms with E-state index in [0.29, 0.717) is 24.0 Å². The highest BCUT2D eigenvalue weighted by Crippen LogP contribution is 2.22. The molecule has 0 saturated carbocycles. The van der Waals surface area contributed by atoms with Crippen LogP contribution in [0.15, 0.2) is 66.7 Å². The molecule has 3 aromatic rings. The normalized spacial score (nSPS) is 11.8. The molecule has 0 bridgehead atoms. The highest BCUT2D eigenvalue weighted by atomic mass is 16.3. The van der Waals surface area contributed by atoms with Gasteiger partial charge in [0.2, 0.25) is 0 Å². The monoisotopic (exact) mass is 320 g/mol. The third-order valence-corrected chi connectivity index (χ3v) is 3.38. The summed E-state index contributed by atoms with van der Waals surface area (Å²) in [6.07, 6.45) is -0.453. The molecule has 0 radical (unpaired) electrons. The molecule has 0 saturated heterocycles. The van der Waals surface area contributed by atoms with Gasteiger partial charge in [-0.3, -0.25) is 0 Å². The summed E-state index contributed by atoms with van der Waals surface area (Å²) >= 11 is 0. The summed E-state index contributed by atoms with van der Waals surface area (Å²) in [5.41, 5.74) is 1.89. The minimum Gasteiger partial charge on any atom is -0.392 e. The molecule has 122 valence electrons. The van der Waals surface area contributed by atoms with E-state index < -0.39 is 6.10 Å². The molecule has 0 aliphatic heterocycles. The predicted molar refractivity (Wildman–Crippen MR) is 97.4 cm³/mol. The van der Waals surface area contributed by atoms with Crippen LogP contribution in [-0.4, -0.2) is 27.7 Å². The minimum absolute atomic E-state index is 0.427. The van der Waals surface area contributed by atoms with Crippen molar-refractivity contribution >= 4 is 17.3 Å². The van der Waals surface area contributed by atoms with E-state index >= 15 is 0 Å². The maximum Gasteiger partial charge on any atom is 0.163 e. The fraction of sp³-hybridized carbons (Fsp3) is 0.158. The molecule has 0 spiro atoms. The van der Waals surface area contributed by atoms with Crippen LogP contribution in [-0.2, 0) is 0 Å². The summed E-state index contributed by atoms with van der Waals surface area (Å²) in [4.78, 5) is 9.15. The highest BCUT2D eigenvalue weighted by Gasteiger charge is 2.08. The van der Waals surface area contributed by atoms with Crippen molar-refractivity contribution in [1.29, 1.82) is 0 Å². The lowest BCUT2D eigenvalue weighted by atomic mass is 10.2. The first-order chi connectivity index (χ1) is 11.7. The minimum atomic E-state index is -0.453. The molecule has 1 aromatic heterocycles. The van der Waals surface area contributed by atoms with Gasteiger partial charge in [-0.25, -0.2) is 9.97 Å². The Hall–Kier alpha value is -2.92. The Morgan fingerprint density at radius 2 is 1.54 bits per heavy atom. The zero-order chi connectivity index (χ0) is 16.8. The van der Waals surface area contributed by atoms with Crippen molar-refractivity contribution in [1.82, 2.24) is 9.97 Å². The summed E-state index contributed by atoms with van der Waals surface area (Å²) in [5, 5.41) is 15.9. The van der Waals surface area contributed by atoms with Gasteiger partial charge >= 0.3 is 0 Å². The van der Waals surface area contributed by atoms with Crippen molar-refractivity contribution < 1.29 is 5.11 Å². The van der Waals surface area contributed by atoms with Gasteiger partial charge in [-0.1, -0.05) is 48.5 Å². The van der Waals surface area contributed by atoms with Crippen molar-refractivity contribution in [3.8, 4) is 11.4 Å². The number of aliphatic hydroxyl groups excluding tert-OH is 1. The quantitative estimate of drug-likeness (QED) is 0.646. The van der Waals surface area contributed by atoms with Gasteiger partial charge in [0.1, 0.15) is 11.6 Å². The summed E-state index contributed by atoms with van der Waals surface area (Å²) in [7, 11) is 0. The number of aromatic nitrogens is 2. The molecule has 24 heavy (non-hydrogen) atoms. The average molecular weight is 320 g/mol. The molecule has 1 atom stereocenters. The van der Waals surface area contributed by atoms with E-state index in [1.807, 2.05) is 66.7 Å². The smallest absolute Gasteiger partial charge is 0.163 e. The predicted octanol–water partition coefficient (Wildman–Crippen LogP) is 3.68. The lowest BCUT2D eigenvalue weighted by Crippen LogP contribution is -2.16. The first kappa shape index (κ1) is 16.0. The molecular formula is C19H20N4O. The van der Waals surface area contributed by atoms with Gasteiger partial charge in [-0.15, -0.1) is 0 Å². The maximum absolute atomic E-state index is 9.48. The number of anilines is 3. The van der Waals surface area contributed by atoms with Crippen LogP contribution in [0.3, 0.4) is 0 Å². The molecule has 2 aromatic carbocycles. The Bertz CT molecular complexity index is 776. The van der Waals surface area contributed by atoms with Crippen LogP contribution in [0.25, 0.3) is 11.4 Å². The van der Waals surface area contributed by atoms with Crippen molar-refractivity contribution in [2.24, 2.45) is 0 Å². The molecular weight excluding hydrogens is 300 g/mol. The zero-order valence-corrected chi connectivity index (χ0v) is 13.5. The van der Waals surface area contributed by atoms with E-state index in [9.17, 15) is 5.11 Å². The number of hydrogen-bond donors (Lipinski definition) is 3. The summed E-state index contributed by atoms with van der Waals surface area (Å²) < 4.78 is 0. The fourth-order valence-electron chi connectivity index (χ4n) is 2.24. The van der Waals surface area contributed by atoms with Gasteiger partial charge in [0.05, 0.1) is 6.10 Å². The first-order valence-corrected chi connectivity index (χ1v) is 7.89.